The highest BCUT2D eigenvalue weighted by Gasteiger charge is 2.25. The number of amides is 2. The Balaban J connectivity index is 2.52. The van der Waals surface area contributed by atoms with Gasteiger partial charge in [-0.2, -0.15) is 0 Å². The van der Waals surface area contributed by atoms with E-state index in [0.717, 1.165) is 12.1 Å². The molecule has 0 saturated carbocycles. The Morgan fingerprint density at radius 1 is 1.07 bits per heavy atom. The molecular formula is C17H21FN2O7. The number of halogens is 1. The van der Waals surface area contributed by atoms with Crippen molar-refractivity contribution in [3.8, 4) is 0 Å². The molecule has 9 nitrogen and oxygen atoms in total. The number of nitrogens with one attached hydrogen (secondary N) is 2. The number of carboxylic acids is 2. The molecule has 0 fully saturated rings. The van der Waals surface area contributed by atoms with E-state index in [1.807, 2.05) is 0 Å². The van der Waals surface area contributed by atoms with E-state index >= 15 is 0 Å². The Morgan fingerprint density at radius 3 is 2.22 bits per heavy atom. The van der Waals surface area contributed by atoms with Gasteiger partial charge in [-0.15, -0.1) is 0 Å². The topological polar surface area (TPSA) is 142 Å². The number of hydrogen-bond donors (Lipinski definition) is 4. The molecule has 2 amide bonds. The van der Waals surface area contributed by atoms with E-state index in [1.54, 1.807) is 6.92 Å². The van der Waals surface area contributed by atoms with Crippen LogP contribution >= 0.6 is 0 Å². The molecule has 0 spiro atoms. The summed E-state index contributed by atoms with van der Waals surface area (Å²) in [7, 11) is 0. The lowest BCUT2D eigenvalue weighted by Gasteiger charge is -2.17. The molecule has 0 aliphatic carbocycles. The van der Waals surface area contributed by atoms with E-state index in [-0.39, 0.29) is 24.9 Å². The standard InChI is InChI=1S/C17H21FN2O7/c1-2-3-12(15(22)23)20-17(26)27-13(16(24)25)8-9-19-14(21)10-4-6-11(18)7-5-10/h4-7,12-13H,2-3,8-9H2,1H3,(H,19,21)(H,20,26)(H,22,23)(H,24,25)/t12-,13-/m0/s1. The van der Waals surface area contributed by atoms with Crippen LogP contribution in [0.3, 0.4) is 0 Å². The average molecular weight is 384 g/mol. The normalized spacial score (nSPS) is 12.5. The van der Waals surface area contributed by atoms with Crippen molar-refractivity contribution in [1.82, 2.24) is 10.6 Å². The zero-order valence-electron chi connectivity index (χ0n) is 14.6. The number of ether oxygens (including phenoxy) is 1. The fraction of sp³-hybridized carbons (Fsp3) is 0.412. The zero-order chi connectivity index (χ0) is 20.4. The third kappa shape index (κ3) is 7.72. The molecule has 0 radical (unpaired) electrons. The second kappa shape index (κ2) is 10.7. The monoisotopic (exact) mass is 384 g/mol. The predicted molar refractivity (Wildman–Crippen MR) is 90.7 cm³/mol. The quantitative estimate of drug-likeness (QED) is 0.477. The smallest absolute Gasteiger partial charge is 0.408 e. The van der Waals surface area contributed by atoms with Crippen LogP contribution in [0.4, 0.5) is 9.18 Å². The molecule has 27 heavy (non-hydrogen) atoms. The predicted octanol–water partition coefficient (Wildman–Crippen LogP) is 1.38. The Bertz CT molecular complexity index is 678. The van der Waals surface area contributed by atoms with Crippen LogP contribution in [0.15, 0.2) is 24.3 Å². The molecule has 10 heteroatoms. The van der Waals surface area contributed by atoms with Crippen LogP contribution in [0.1, 0.15) is 36.5 Å². The first-order valence-electron chi connectivity index (χ1n) is 8.21. The van der Waals surface area contributed by atoms with Crippen molar-refractivity contribution in [1.29, 1.82) is 0 Å². The van der Waals surface area contributed by atoms with E-state index in [4.69, 9.17) is 14.9 Å². The maximum atomic E-state index is 12.8. The van der Waals surface area contributed by atoms with Gasteiger partial charge < -0.3 is 25.6 Å². The molecule has 0 unspecified atom stereocenters. The average Bonchev–Trinajstić information content (AvgIpc) is 2.60. The third-order valence-electron chi connectivity index (χ3n) is 3.49. The van der Waals surface area contributed by atoms with Gasteiger partial charge in [0.15, 0.2) is 0 Å². The van der Waals surface area contributed by atoms with Crippen LogP contribution in [0, 0.1) is 5.82 Å². The molecule has 0 aliphatic rings. The SMILES string of the molecule is CCC[C@H](NC(=O)O[C@@H](CCNC(=O)c1ccc(F)cc1)C(=O)O)C(=O)O. The minimum atomic E-state index is -1.57. The van der Waals surface area contributed by atoms with E-state index in [2.05, 4.69) is 10.6 Å². The van der Waals surface area contributed by atoms with Crippen molar-refractivity contribution in [3.63, 3.8) is 0 Å². The van der Waals surface area contributed by atoms with Crippen molar-refractivity contribution in [2.45, 2.75) is 38.3 Å². The Labute approximate surface area is 154 Å². The lowest BCUT2D eigenvalue weighted by molar-refractivity contribution is -0.147. The molecule has 4 N–H and O–H groups in total. The van der Waals surface area contributed by atoms with Gasteiger partial charge in [-0.25, -0.2) is 18.8 Å². The van der Waals surface area contributed by atoms with Crippen LogP contribution in [-0.4, -0.2) is 52.8 Å². The van der Waals surface area contributed by atoms with Gasteiger partial charge in [-0.1, -0.05) is 13.3 Å². The van der Waals surface area contributed by atoms with Gasteiger partial charge in [0.2, 0.25) is 6.10 Å². The van der Waals surface area contributed by atoms with E-state index in [1.165, 1.54) is 12.1 Å². The van der Waals surface area contributed by atoms with Crippen LogP contribution in [0.2, 0.25) is 0 Å². The number of carbonyl (C=O) groups is 4. The molecule has 0 bridgehead atoms. The molecule has 0 saturated heterocycles. The Kier molecular flexibility index (Phi) is 8.70. The number of benzene rings is 1. The second-order valence-electron chi connectivity index (χ2n) is 5.61. The summed E-state index contributed by atoms with van der Waals surface area (Å²) in [4.78, 5) is 45.7. The summed E-state index contributed by atoms with van der Waals surface area (Å²) >= 11 is 0. The summed E-state index contributed by atoms with van der Waals surface area (Å²) < 4.78 is 17.5. The van der Waals surface area contributed by atoms with E-state index in [0.29, 0.717) is 6.42 Å². The molecule has 1 aromatic carbocycles. The van der Waals surface area contributed by atoms with Gasteiger partial charge in [-0.3, -0.25) is 4.79 Å². The van der Waals surface area contributed by atoms with Crippen LogP contribution in [0.5, 0.6) is 0 Å². The zero-order valence-corrected chi connectivity index (χ0v) is 14.6. The van der Waals surface area contributed by atoms with Crippen LogP contribution < -0.4 is 10.6 Å². The van der Waals surface area contributed by atoms with Crippen LogP contribution in [-0.2, 0) is 14.3 Å². The van der Waals surface area contributed by atoms with Crippen molar-refractivity contribution < 1.29 is 38.5 Å². The van der Waals surface area contributed by atoms with Gasteiger partial charge in [-0.05, 0) is 30.7 Å². The maximum Gasteiger partial charge on any atom is 0.408 e. The fourth-order valence-corrected chi connectivity index (χ4v) is 2.10. The number of alkyl carbamates (subject to hydrolysis) is 1. The number of carboxylic acid groups (broad SMARTS) is 2. The number of carbonyl (C=O) groups excluding carboxylic acids is 2. The van der Waals surface area contributed by atoms with Gasteiger partial charge in [0.05, 0.1) is 0 Å². The van der Waals surface area contributed by atoms with E-state index < -0.39 is 41.9 Å². The molecule has 1 rings (SSSR count). The summed E-state index contributed by atoms with van der Waals surface area (Å²) in [6.07, 6.45) is -2.32. The second-order valence-corrected chi connectivity index (χ2v) is 5.61. The number of hydrogen-bond acceptors (Lipinski definition) is 5. The molecule has 1 aromatic rings. The third-order valence-corrected chi connectivity index (χ3v) is 3.49. The molecule has 2 atom stereocenters. The summed E-state index contributed by atoms with van der Waals surface area (Å²) in [5.41, 5.74) is 0.186. The minimum absolute atomic E-state index is 0.127. The Morgan fingerprint density at radius 2 is 1.70 bits per heavy atom. The van der Waals surface area contributed by atoms with Gasteiger partial charge in [0.25, 0.3) is 5.91 Å². The van der Waals surface area contributed by atoms with Crippen molar-refractivity contribution in [3.05, 3.63) is 35.6 Å². The minimum Gasteiger partial charge on any atom is -0.480 e. The molecule has 0 aliphatic heterocycles. The lowest BCUT2D eigenvalue weighted by Crippen LogP contribution is -2.43. The van der Waals surface area contributed by atoms with Crippen molar-refractivity contribution in [2.24, 2.45) is 0 Å². The number of rotatable bonds is 10. The van der Waals surface area contributed by atoms with Gasteiger partial charge in [0, 0.05) is 18.5 Å². The lowest BCUT2D eigenvalue weighted by atomic mass is 10.2. The van der Waals surface area contributed by atoms with Crippen molar-refractivity contribution >= 4 is 23.9 Å². The first-order chi connectivity index (χ1) is 12.7. The van der Waals surface area contributed by atoms with Gasteiger partial charge in [0.1, 0.15) is 11.9 Å². The Hall–Kier alpha value is -3.17. The first-order valence-corrected chi connectivity index (χ1v) is 8.21. The largest absolute Gasteiger partial charge is 0.480 e. The summed E-state index contributed by atoms with van der Waals surface area (Å²) in [5, 5.41) is 22.6. The summed E-state index contributed by atoms with van der Waals surface area (Å²) in [6, 6.07) is 3.57. The van der Waals surface area contributed by atoms with Crippen LogP contribution in [0.25, 0.3) is 0 Å². The van der Waals surface area contributed by atoms with Gasteiger partial charge >= 0.3 is 18.0 Å². The first kappa shape index (κ1) is 21.9. The maximum absolute atomic E-state index is 12.8. The summed E-state index contributed by atoms with van der Waals surface area (Å²) in [5.74, 6) is -3.74. The van der Waals surface area contributed by atoms with E-state index in [9.17, 15) is 23.6 Å². The highest BCUT2D eigenvalue weighted by atomic mass is 19.1. The molecule has 0 aromatic heterocycles. The highest BCUT2D eigenvalue weighted by Crippen LogP contribution is 2.05. The summed E-state index contributed by atoms with van der Waals surface area (Å²) in [6.45, 7) is 1.60. The van der Waals surface area contributed by atoms with Crippen molar-refractivity contribution in [2.75, 3.05) is 6.54 Å². The molecule has 0 heterocycles. The fourth-order valence-electron chi connectivity index (χ4n) is 2.10. The molecular weight excluding hydrogens is 363 g/mol. The highest BCUT2D eigenvalue weighted by molar-refractivity contribution is 5.94. The number of aliphatic carboxylic acids is 2. The molecule has 148 valence electrons.